The van der Waals surface area contributed by atoms with Gasteiger partial charge in [-0.05, 0) is 24.7 Å². The fourth-order valence-corrected chi connectivity index (χ4v) is 2.95. The lowest BCUT2D eigenvalue weighted by Crippen LogP contribution is -2.37. The standard InChI is InChI=1S/C15H26N4S/c1-11(2)13-10-20-14(19-13)9-18-15(16-3)17-8-4-5-12-6-7-12/h10-12H,4-9H2,1-3H3,(H2,16,17,18). The number of aliphatic imine (C=N–C) groups is 1. The van der Waals surface area contributed by atoms with Gasteiger partial charge in [-0.15, -0.1) is 11.3 Å². The van der Waals surface area contributed by atoms with Crippen molar-refractivity contribution in [3.63, 3.8) is 0 Å². The summed E-state index contributed by atoms with van der Waals surface area (Å²) in [6, 6.07) is 0. The number of thiazole rings is 1. The molecular weight excluding hydrogens is 268 g/mol. The summed E-state index contributed by atoms with van der Waals surface area (Å²) in [4.78, 5) is 8.87. The molecular formula is C15H26N4S. The van der Waals surface area contributed by atoms with E-state index in [-0.39, 0.29) is 0 Å². The van der Waals surface area contributed by atoms with Gasteiger partial charge in [0.25, 0.3) is 0 Å². The van der Waals surface area contributed by atoms with Crippen molar-refractivity contribution in [1.82, 2.24) is 15.6 Å². The fraction of sp³-hybridized carbons (Fsp3) is 0.733. The summed E-state index contributed by atoms with van der Waals surface area (Å²) >= 11 is 1.71. The van der Waals surface area contributed by atoms with Crippen LogP contribution in [0.15, 0.2) is 10.4 Å². The van der Waals surface area contributed by atoms with E-state index in [2.05, 4.69) is 39.8 Å². The zero-order valence-electron chi connectivity index (χ0n) is 12.8. The van der Waals surface area contributed by atoms with Crippen molar-refractivity contribution in [3.8, 4) is 0 Å². The van der Waals surface area contributed by atoms with Crippen molar-refractivity contribution in [1.29, 1.82) is 0 Å². The lowest BCUT2D eigenvalue weighted by atomic mass is 10.2. The van der Waals surface area contributed by atoms with E-state index >= 15 is 0 Å². The lowest BCUT2D eigenvalue weighted by molar-refractivity contribution is 0.644. The maximum absolute atomic E-state index is 4.62. The third-order valence-corrected chi connectivity index (χ3v) is 4.44. The maximum Gasteiger partial charge on any atom is 0.191 e. The predicted molar refractivity (Wildman–Crippen MR) is 86.4 cm³/mol. The van der Waals surface area contributed by atoms with Gasteiger partial charge in [-0.3, -0.25) is 4.99 Å². The third-order valence-electron chi connectivity index (χ3n) is 3.57. The SMILES string of the molecule is CN=C(NCCCC1CC1)NCc1nc(C(C)C)cs1. The van der Waals surface area contributed by atoms with Gasteiger partial charge in [-0.1, -0.05) is 26.7 Å². The van der Waals surface area contributed by atoms with Crippen LogP contribution >= 0.6 is 11.3 Å². The van der Waals surface area contributed by atoms with Crippen molar-refractivity contribution in [2.24, 2.45) is 10.9 Å². The summed E-state index contributed by atoms with van der Waals surface area (Å²) in [6.45, 7) is 6.10. The van der Waals surface area contributed by atoms with Crippen LogP contribution in [0.1, 0.15) is 56.2 Å². The highest BCUT2D eigenvalue weighted by atomic mass is 32.1. The Kier molecular flexibility index (Phi) is 5.83. The van der Waals surface area contributed by atoms with E-state index in [4.69, 9.17) is 0 Å². The molecule has 112 valence electrons. The van der Waals surface area contributed by atoms with Gasteiger partial charge in [-0.25, -0.2) is 4.98 Å². The van der Waals surface area contributed by atoms with Gasteiger partial charge < -0.3 is 10.6 Å². The van der Waals surface area contributed by atoms with Gasteiger partial charge >= 0.3 is 0 Å². The Hall–Kier alpha value is -1.10. The highest BCUT2D eigenvalue weighted by Crippen LogP contribution is 2.33. The normalized spacial score (nSPS) is 15.7. The van der Waals surface area contributed by atoms with Crippen molar-refractivity contribution in [2.45, 2.75) is 52.0 Å². The molecule has 0 bridgehead atoms. The molecule has 1 aromatic heterocycles. The Morgan fingerprint density at radius 3 is 2.85 bits per heavy atom. The summed E-state index contributed by atoms with van der Waals surface area (Å²) in [7, 11) is 1.82. The molecule has 1 aliphatic carbocycles. The molecule has 1 aliphatic rings. The zero-order valence-corrected chi connectivity index (χ0v) is 13.6. The van der Waals surface area contributed by atoms with Crippen LogP contribution < -0.4 is 10.6 Å². The molecule has 0 aliphatic heterocycles. The van der Waals surface area contributed by atoms with E-state index in [1.165, 1.54) is 31.4 Å². The Labute approximate surface area is 126 Å². The summed E-state index contributed by atoms with van der Waals surface area (Å²) in [6.07, 6.45) is 5.47. The minimum Gasteiger partial charge on any atom is -0.356 e. The van der Waals surface area contributed by atoms with Crippen LogP contribution in [-0.2, 0) is 6.54 Å². The van der Waals surface area contributed by atoms with E-state index < -0.39 is 0 Å². The molecule has 1 saturated carbocycles. The first kappa shape index (κ1) is 15.3. The second-order valence-corrected chi connectivity index (χ2v) is 6.70. The van der Waals surface area contributed by atoms with E-state index in [1.807, 2.05) is 7.05 Å². The molecule has 1 aromatic rings. The average molecular weight is 294 g/mol. The number of aromatic nitrogens is 1. The van der Waals surface area contributed by atoms with Crippen LogP contribution in [0.4, 0.5) is 0 Å². The van der Waals surface area contributed by atoms with E-state index in [9.17, 15) is 0 Å². The van der Waals surface area contributed by atoms with Gasteiger partial charge in [0.1, 0.15) is 5.01 Å². The summed E-state index contributed by atoms with van der Waals surface area (Å²) in [5.74, 6) is 2.39. The highest BCUT2D eigenvalue weighted by Gasteiger charge is 2.19. The molecule has 0 amide bonds. The van der Waals surface area contributed by atoms with Crippen LogP contribution in [-0.4, -0.2) is 24.5 Å². The van der Waals surface area contributed by atoms with E-state index in [0.717, 1.165) is 30.0 Å². The molecule has 0 unspecified atom stereocenters. The summed E-state index contributed by atoms with van der Waals surface area (Å²) in [5.41, 5.74) is 1.18. The van der Waals surface area contributed by atoms with Gasteiger partial charge in [-0.2, -0.15) is 0 Å². The molecule has 0 spiro atoms. The first-order valence-corrected chi connectivity index (χ1v) is 8.45. The van der Waals surface area contributed by atoms with Crippen LogP contribution in [0.3, 0.4) is 0 Å². The number of hydrogen-bond donors (Lipinski definition) is 2. The van der Waals surface area contributed by atoms with Crippen molar-refractivity contribution in [3.05, 3.63) is 16.1 Å². The monoisotopic (exact) mass is 294 g/mol. The minimum atomic E-state index is 0.500. The smallest absolute Gasteiger partial charge is 0.191 e. The van der Waals surface area contributed by atoms with Crippen LogP contribution in [0.5, 0.6) is 0 Å². The molecule has 4 nitrogen and oxygen atoms in total. The molecule has 0 aromatic carbocycles. The van der Waals surface area contributed by atoms with Gasteiger partial charge in [0, 0.05) is 19.0 Å². The van der Waals surface area contributed by atoms with E-state index in [0.29, 0.717) is 5.92 Å². The summed E-state index contributed by atoms with van der Waals surface area (Å²) < 4.78 is 0. The zero-order chi connectivity index (χ0) is 14.4. The third kappa shape index (κ3) is 5.12. The van der Waals surface area contributed by atoms with Crippen LogP contribution in [0, 0.1) is 5.92 Å². The van der Waals surface area contributed by atoms with Crippen molar-refractivity contribution >= 4 is 17.3 Å². The largest absolute Gasteiger partial charge is 0.356 e. The van der Waals surface area contributed by atoms with Gasteiger partial charge in [0.15, 0.2) is 5.96 Å². The van der Waals surface area contributed by atoms with Crippen LogP contribution in [0.2, 0.25) is 0 Å². The molecule has 5 heteroatoms. The molecule has 1 heterocycles. The van der Waals surface area contributed by atoms with Crippen molar-refractivity contribution < 1.29 is 0 Å². The molecule has 2 rings (SSSR count). The number of guanidine groups is 1. The molecule has 1 fully saturated rings. The van der Waals surface area contributed by atoms with Crippen molar-refractivity contribution in [2.75, 3.05) is 13.6 Å². The summed E-state index contributed by atoms with van der Waals surface area (Å²) in [5, 5.41) is 9.96. The molecule has 0 saturated heterocycles. The first-order valence-electron chi connectivity index (χ1n) is 7.58. The number of nitrogens with zero attached hydrogens (tertiary/aromatic N) is 2. The molecule has 20 heavy (non-hydrogen) atoms. The molecule has 0 atom stereocenters. The molecule has 2 N–H and O–H groups in total. The second-order valence-electron chi connectivity index (χ2n) is 5.76. The Balaban J connectivity index is 1.66. The number of rotatable bonds is 7. The quantitative estimate of drug-likeness (QED) is 0.461. The second kappa shape index (κ2) is 7.62. The first-order chi connectivity index (χ1) is 9.69. The molecule has 0 radical (unpaired) electrons. The lowest BCUT2D eigenvalue weighted by Gasteiger charge is -2.10. The highest BCUT2D eigenvalue weighted by molar-refractivity contribution is 7.09. The fourth-order valence-electron chi connectivity index (χ4n) is 2.06. The average Bonchev–Trinajstić information content (AvgIpc) is 3.13. The van der Waals surface area contributed by atoms with Crippen LogP contribution in [0.25, 0.3) is 0 Å². The number of hydrogen-bond acceptors (Lipinski definition) is 3. The minimum absolute atomic E-state index is 0.500. The van der Waals surface area contributed by atoms with Gasteiger partial charge in [0.2, 0.25) is 0 Å². The van der Waals surface area contributed by atoms with E-state index in [1.54, 1.807) is 11.3 Å². The maximum atomic E-state index is 4.62. The number of nitrogens with one attached hydrogen (secondary N) is 2. The Morgan fingerprint density at radius 1 is 1.45 bits per heavy atom. The Morgan fingerprint density at radius 2 is 2.25 bits per heavy atom. The predicted octanol–water partition coefficient (Wildman–Crippen LogP) is 3.12. The topological polar surface area (TPSA) is 49.3 Å². The van der Waals surface area contributed by atoms with Gasteiger partial charge in [0.05, 0.1) is 12.2 Å². The Bertz CT molecular complexity index is 435.